The number of oxime groups is 1. The fourth-order valence-electron chi connectivity index (χ4n) is 2.82. The number of aryl methyl sites for hydroxylation is 1. The molecule has 0 aromatic heterocycles. The Labute approximate surface area is 182 Å². The van der Waals surface area contributed by atoms with Gasteiger partial charge in [-0.1, -0.05) is 47.6 Å². The van der Waals surface area contributed by atoms with Gasteiger partial charge >= 0.3 is 0 Å². The summed E-state index contributed by atoms with van der Waals surface area (Å²) >= 11 is 0. The Morgan fingerprint density at radius 2 is 1.84 bits per heavy atom. The normalized spacial score (nSPS) is 11.7. The largest absolute Gasteiger partial charge is 0.493 e. The summed E-state index contributed by atoms with van der Waals surface area (Å²) in [7, 11) is 1.58. The van der Waals surface area contributed by atoms with E-state index < -0.39 is 6.10 Å². The zero-order valence-electron chi connectivity index (χ0n) is 17.9. The zero-order chi connectivity index (χ0) is 22.1. The lowest BCUT2D eigenvalue weighted by Crippen LogP contribution is -2.26. The average Bonchev–Trinajstić information content (AvgIpc) is 2.78. The SMILES string of the molecule is COc1cc(/C=N\O[C@H](C)C(=O)Nc2cccc(C)c2)ccc1OCc1ccccc1. The van der Waals surface area contributed by atoms with Crippen LogP contribution in [-0.4, -0.2) is 25.3 Å². The molecule has 0 radical (unpaired) electrons. The number of hydrogen-bond acceptors (Lipinski definition) is 5. The van der Waals surface area contributed by atoms with Gasteiger partial charge < -0.3 is 19.6 Å². The third kappa shape index (κ3) is 6.60. The number of carbonyl (C=O) groups is 1. The number of benzene rings is 3. The Morgan fingerprint density at radius 1 is 1.03 bits per heavy atom. The van der Waals surface area contributed by atoms with Gasteiger partial charge in [-0.3, -0.25) is 4.79 Å². The molecule has 0 heterocycles. The Morgan fingerprint density at radius 3 is 2.58 bits per heavy atom. The van der Waals surface area contributed by atoms with Gasteiger partial charge in [-0.2, -0.15) is 0 Å². The van der Waals surface area contributed by atoms with Crippen molar-refractivity contribution >= 4 is 17.8 Å². The number of nitrogens with one attached hydrogen (secondary N) is 1. The highest BCUT2D eigenvalue weighted by Gasteiger charge is 2.14. The minimum Gasteiger partial charge on any atom is -0.493 e. The molecule has 0 aliphatic heterocycles. The topological polar surface area (TPSA) is 69.2 Å². The van der Waals surface area contributed by atoms with E-state index in [-0.39, 0.29) is 5.91 Å². The number of hydrogen-bond donors (Lipinski definition) is 1. The maximum atomic E-state index is 12.3. The Hall–Kier alpha value is -3.80. The molecule has 3 rings (SSSR count). The van der Waals surface area contributed by atoms with E-state index in [0.717, 1.165) is 22.4 Å². The van der Waals surface area contributed by atoms with Crippen LogP contribution in [0.3, 0.4) is 0 Å². The Kier molecular flexibility index (Phi) is 7.65. The first-order chi connectivity index (χ1) is 15.0. The molecule has 3 aromatic rings. The summed E-state index contributed by atoms with van der Waals surface area (Å²) in [5.74, 6) is 0.949. The van der Waals surface area contributed by atoms with Crippen molar-refractivity contribution in [2.75, 3.05) is 12.4 Å². The molecule has 0 aliphatic rings. The van der Waals surface area contributed by atoms with E-state index in [1.165, 1.54) is 6.21 Å². The van der Waals surface area contributed by atoms with Gasteiger partial charge in [-0.25, -0.2) is 0 Å². The number of methoxy groups -OCH3 is 1. The van der Waals surface area contributed by atoms with Crippen molar-refractivity contribution in [1.29, 1.82) is 0 Å². The van der Waals surface area contributed by atoms with Gasteiger partial charge in [0.1, 0.15) is 6.61 Å². The maximum absolute atomic E-state index is 12.3. The van der Waals surface area contributed by atoms with Gasteiger partial charge in [0, 0.05) is 11.3 Å². The van der Waals surface area contributed by atoms with Gasteiger partial charge in [0.15, 0.2) is 11.5 Å². The Balaban J connectivity index is 1.55. The van der Waals surface area contributed by atoms with Crippen molar-refractivity contribution in [2.45, 2.75) is 26.6 Å². The lowest BCUT2D eigenvalue weighted by Gasteiger charge is -2.12. The quantitative estimate of drug-likeness (QED) is 0.394. The van der Waals surface area contributed by atoms with Crippen LogP contribution in [0.25, 0.3) is 0 Å². The van der Waals surface area contributed by atoms with Crippen LogP contribution in [-0.2, 0) is 16.2 Å². The molecule has 0 bridgehead atoms. The Bertz CT molecular complexity index is 1030. The van der Waals surface area contributed by atoms with Crippen molar-refractivity contribution < 1.29 is 19.1 Å². The van der Waals surface area contributed by atoms with E-state index >= 15 is 0 Å². The third-order valence-electron chi connectivity index (χ3n) is 4.50. The lowest BCUT2D eigenvalue weighted by molar-refractivity contribution is -0.126. The fraction of sp³-hybridized carbons (Fsp3) is 0.200. The van der Waals surface area contributed by atoms with E-state index in [2.05, 4.69) is 10.5 Å². The van der Waals surface area contributed by atoms with Gasteiger partial charge in [0.2, 0.25) is 6.10 Å². The molecule has 1 atom stereocenters. The van der Waals surface area contributed by atoms with E-state index in [0.29, 0.717) is 18.1 Å². The monoisotopic (exact) mass is 418 g/mol. The van der Waals surface area contributed by atoms with Gasteiger partial charge in [0.05, 0.1) is 13.3 Å². The lowest BCUT2D eigenvalue weighted by atomic mass is 10.2. The first kappa shape index (κ1) is 21.9. The first-order valence-electron chi connectivity index (χ1n) is 9.96. The predicted molar refractivity (Wildman–Crippen MR) is 122 cm³/mol. The molecule has 1 amide bonds. The van der Waals surface area contributed by atoms with Crippen molar-refractivity contribution in [3.05, 3.63) is 89.5 Å². The van der Waals surface area contributed by atoms with Crippen molar-refractivity contribution in [2.24, 2.45) is 5.16 Å². The highest BCUT2D eigenvalue weighted by Crippen LogP contribution is 2.28. The minimum absolute atomic E-state index is 0.273. The molecule has 6 nitrogen and oxygen atoms in total. The fourth-order valence-corrected chi connectivity index (χ4v) is 2.82. The molecule has 0 saturated heterocycles. The summed E-state index contributed by atoms with van der Waals surface area (Å²) < 4.78 is 11.3. The molecule has 0 unspecified atom stereocenters. The number of carbonyl (C=O) groups excluding carboxylic acids is 1. The summed E-state index contributed by atoms with van der Waals surface area (Å²) in [4.78, 5) is 17.6. The second kappa shape index (κ2) is 10.8. The van der Waals surface area contributed by atoms with E-state index in [1.807, 2.05) is 73.7 Å². The summed E-state index contributed by atoms with van der Waals surface area (Å²) in [5, 5.41) is 6.75. The standard InChI is InChI=1S/C25H26N2O4/c1-18-8-7-11-22(14-18)27-25(28)19(2)31-26-16-21-12-13-23(24(15-21)29-3)30-17-20-9-5-4-6-10-20/h4-16,19H,17H2,1-3H3,(H,27,28)/b26-16-/t19-/m1/s1. The maximum Gasteiger partial charge on any atom is 0.267 e. The number of anilines is 1. The third-order valence-corrected chi connectivity index (χ3v) is 4.50. The highest BCUT2D eigenvalue weighted by molar-refractivity contribution is 5.94. The minimum atomic E-state index is -0.743. The average molecular weight is 418 g/mol. The number of amides is 1. The second-order valence-corrected chi connectivity index (χ2v) is 7.03. The van der Waals surface area contributed by atoms with Gasteiger partial charge in [0.25, 0.3) is 5.91 Å². The predicted octanol–water partition coefficient (Wildman–Crippen LogP) is 4.96. The molecule has 0 spiro atoms. The molecule has 0 aliphatic carbocycles. The molecule has 31 heavy (non-hydrogen) atoms. The summed E-state index contributed by atoms with van der Waals surface area (Å²) in [6.45, 7) is 4.05. The summed E-state index contributed by atoms with van der Waals surface area (Å²) in [6, 6.07) is 22.9. The molecular weight excluding hydrogens is 392 g/mol. The van der Waals surface area contributed by atoms with Crippen LogP contribution in [0, 0.1) is 6.92 Å². The van der Waals surface area contributed by atoms with Crippen LogP contribution in [0.5, 0.6) is 11.5 Å². The van der Waals surface area contributed by atoms with Crippen LogP contribution in [0.4, 0.5) is 5.69 Å². The number of rotatable bonds is 9. The first-order valence-corrected chi connectivity index (χ1v) is 9.96. The smallest absolute Gasteiger partial charge is 0.267 e. The highest BCUT2D eigenvalue weighted by atomic mass is 16.6. The van der Waals surface area contributed by atoms with Crippen molar-refractivity contribution in [1.82, 2.24) is 0 Å². The van der Waals surface area contributed by atoms with Crippen LogP contribution in [0.15, 0.2) is 78.0 Å². The molecule has 1 N–H and O–H groups in total. The molecule has 6 heteroatoms. The number of ether oxygens (including phenoxy) is 2. The van der Waals surface area contributed by atoms with Crippen LogP contribution in [0.2, 0.25) is 0 Å². The molecule has 0 saturated carbocycles. The van der Waals surface area contributed by atoms with E-state index in [1.54, 1.807) is 20.1 Å². The second-order valence-electron chi connectivity index (χ2n) is 7.03. The molecular formula is C25H26N2O4. The molecule has 0 fully saturated rings. The van der Waals surface area contributed by atoms with Crippen LogP contribution in [0.1, 0.15) is 23.6 Å². The van der Waals surface area contributed by atoms with Gasteiger partial charge in [-0.15, -0.1) is 0 Å². The van der Waals surface area contributed by atoms with Gasteiger partial charge in [-0.05, 0) is 55.3 Å². The van der Waals surface area contributed by atoms with Crippen LogP contribution < -0.4 is 14.8 Å². The molecule has 3 aromatic carbocycles. The number of nitrogens with zero attached hydrogens (tertiary/aromatic N) is 1. The van der Waals surface area contributed by atoms with E-state index in [9.17, 15) is 4.79 Å². The van der Waals surface area contributed by atoms with Crippen molar-refractivity contribution in [3.63, 3.8) is 0 Å². The summed E-state index contributed by atoms with van der Waals surface area (Å²) in [6.07, 6.45) is 0.784. The molecule has 160 valence electrons. The van der Waals surface area contributed by atoms with E-state index in [4.69, 9.17) is 14.3 Å². The summed E-state index contributed by atoms with van der Waals surface area (Å²) in [5.41, 5.74) is 3.62. The zero-order valence-corrected chi connectivity index (χ0v) is 17.9. The van der Waals surface area contributed by atoms with Crippen LogP contribution >= 0.6 is 0 Å². The van der Waals surface area contributed by atoms with Crippen molar-refractivity contribution in [3.8, 4) is 11.5 Å².